The summed E-state index contributed by atoms with van der Waals surface area (Å²) in [6, 6.07) is -1.37. The van der Waals surface area contributed by atoms with E-state index < -0.39 is 83.8 Å². The molecule has 1 aliphatic heterocycles. The van der Waals surface area contributed by atoms with E-state index in [1.807, 2.05) is 0 Å². The smallest absolute Gasteiger partial charge is 0.444 e. The van der Waals surface area contributed by atoms with Crippen LogP contribution in [-0.4, -0.2) is 61.8 Å². The molecule has 0 saturated carbocycles. The number of nitrogens with one attached hydrogen (secondary N) is 2. The van der Waals surface area contributed by atoms with Gasteiger partial charge in [-0.2, -0.15) is 13.2 Å². The Labute approximate surface area is 244 Å². The van der Waals surface area contributed by atoms with Crippen molar-refractivity contribution in [2.45, 2.75) is 90.8 Å². The van der Waals surface area contributed by atoms with Gasteiger partial charge in [-0.05, 0) is 44.7 Å². The van der Waals surface area contributed by atoms with Crippen LogP contribution in [0.4, 0.5) is 31.1 Å². The molecule has 2 heterocycles. The molecule has 238 valence electrons. The third kappa shape index (κ3) is 8.83. The Morgan fingerprint density at radius 2 is 1.65 bits per heavy atom. The number of alkyl carbamates (subject to hydrolysis) is 1. The molecule has 3 rings (SSSR count). The lowest BCUT2D eigenvalue weighted by Gasteiger charge is -2.31. The minimum atomic E-state index is -4.74. The van der Waals surface area contributed by atoms with E-state index in [-0.39, 0.29) is 31.0 Å². The topological polar surface area (TPSA) is 118 Å². The lowest BCUT2D eigenvalue weighted by atomic mass is 9.96. The molecule has 0 fully saturated rings. The third-order valence-electron chi connectivity index (χ3n) is 6.85. The summed E-state index contributed by atoms with van der Waals surface area (Å²) >= 11 is 0. The van der Waals surface area contributed by atoms with Gasteiger partial charge in [0.1, 0.15) is 17.5 Å². The Morgan fingerprint density at radius 1 is 1.00 bits per heavy atom. The van der Waals surface area contributed by atoms with Crippen molar-refractivity contribution in [2.75, 3.05) is 6.54 Å². The van der Waals surface area contributed by atoms with E-state index in [2.05, 4.69) is 20.8 Å². The van der Waals surface area contributed by atoms with Crippen LogP contribution in [0.3, 0.4) is 0 Å². The van der Waals surface area contributed by atoms with E-state index in [0.29, 0.717) is 18.6 Å². The Balaban J connectivity index is 1.83. The fourth-order valence-corrected chi connectivity index (χ4v) is 4.51. The van der Waals surface area contributed by atoms with E-state index in [0.717, 1.165) is 4.57 Å². The summed E-state index contributed by atoms with van der Waals surface area (Å²) < 4.78 is 87.8. The van der Waals surface area contributed by atoms with Crippen LogP contribution in [-0.2, 0) is 40.0 Å². The number of hydrogen-bond acceptors (Lipinski definition) is 6. The van der Waals surface area contributed by atoms with Gasteiger partial charge in [0.25, 0.3) is 0 Å². The molecule has 2 N–H and O–H groups in total. The molecule has 3 unspecified atom stereocenters. The van der Waals surface area contributed by atoms with Gasteiger partial charge in [0.05, 0.1) is 6.54 Å². The minimum Gasteiger partial charge on any atom is -0.444 e. The molecule has 1 aromatic heterocycles. The highest BCUT2D eigenvalue weighted by atomic mass is 19.4. The highest BCUT2D eigenvalue weighted by Crippen LogP contribution is 2.29. The molecule has 16 heteroatoms. The van der Waals surface area contributed by atoms with E-state index in [1.54, 1.807) is 34.6 Å². The summed E-state index contributed by atoms with van der Waals surface area (Å²) in [6.45, 7) is 7.69. The number of alkyl halides is 3. The van der Waals surface area contributed by atoms with Crippen LogP contribution in [0.5, 0.6) is 0 Å². The summed E-state index contributed by atoms with van der Waals surface area (Å²) in [5.74, 6) is -6.95. The molecule has 43 heavy (non-hydrogen) atoms. The molecule has 0 aliphatic carbocycles. The molecule has 1 aliphatic rings. The first-order valence-corrected chi connectivity index (χ1v) is 13.6. The number of nitrogens with zero attached hydrogens (tertiary/aromatic N) is 4. The number of ether oxygens (including phenoxy) is 1. The monoisotopic (exact) mass is 620 g/mol. The Hall–Kier alpha value is -3.85. The maximum absolute atomic E-state index is 14.6. The van der Waals surface area contributed by atoms with Gasteiger partial charge in [-0.1, -0.05) is 20.3 Å². The number of hydrogen-bond donors (Lipinski definition) is 2. The maximum atomic E-state index is 14.6. The van der Waals surface area contributed by atoms with Crippen molar-refractivity contribution in [1.29, 1.82) is 0 Å². The van der Waals surface area contributed by atoms with Gasteiger partial charge >= 0.3 is 12.3 Å². The van der Waals surface area contributed by atoms with Gasteiger partial charge in [-0.3, -0.25) is 9.59 Å². The van der Waals surface area contributed by atoms with Crippen LogP contribution < -0.4 is 10.6 Å². The molecule has 0 bridgehead atoms. The van der Waals surface area contributed by atoms with Crippen LogP contribution in [0.25, 0.3) is 0 Å². The number of aromatic nitrogens is 3. The van der Waals surface area contributed by atoms with E-state index in [4.69, 9.17) is 4.74 Å². The second-order valence-electron chi connectivity index (χ2n) is 11.4. The number of amides is 3. The normalized spacial score (nSPS) is 15.7. The molecule has 1 aromatic carbocycles. The second-order valence-corrected chi connectivity index (χ2v) is 11.4. The molecule has 3 atom stereocenters. The lowest BCUT2D eigenvalue weighted by molar-refractivity contribution is -0.148. The quantitative estimate of drug-likeness (QED) is 0.322. The molecule has 0 radical (unpaired) electrons. The van der Waals surface area contributed by atoms with E-state index >= 15 is 0 Å². The zero-order valence-corrected chi connectivity index (χ0v) is 24.3. The van der Waals surface area contributed by atoms with Crippen molar-refractivity contribution in [3.63, 3.8) is 0 Å². The largest absolute Gasteiger partial charge is 0.451 e. The predicted octanol–water partition coefficient (Wildman–Crippen LogP) is 4.11. The van der Waals surface area contributed by atoms with E-state index in [9.17, 15) is 40.7 Å². The number of rotatable bonds is 9. The second kappa shape index (κ2) is 13.2. The molecular weight excluding hydrogens is 586 g/mol. The van der Waals surface area contributed by atoms with Crippen molar-refractivity contribution < 1.29 is 45.5 Å². The Morgan fingerprint density at radius 3 is 2.26 bits per heavy atom. The van der Waals surface area contributed by atoms with Crippen LogP contribution >= 0.6 is 0 Å². The summed E-state index contributed by atoms with van der Waals surface area (Å²) in [5.41, 5.74) is -1.19. The number of fused-ring (bicyclic) bond motifs is 1. The third-order valence-corrected chi connectivity index (χ3v) is 6.85. The molecular formula is C27H34F6N6O4. The minimum absolute atomic E-state index is 0.0995. The molecule has 0 spiro atoms. The number of carbonyl (C=O) groups is 3. The average molecular weight is 621 g/mol. The van der Waals surface area contributed by atoms with Crippen molar-refractivity contribution in [2.24, 2.45) is 5.92 Å². The van der Waals surface area contributed by atoms with Gasteiger partial charge in [0, 0.05) is 31.6 Å². The SMILES string of the molecule is CCC(C)C(NC(=O)OC(C)(C)C)C(=O)NC(CC(=O)N1CCn2c(nnc2C(F)(F)F)C1)Cc1cc(F)c(F)cc1F. The van der Waals surface area contributed by atoms with Gasteiger partial charge in [0.15, 0.2) is 17.5 Å². The highest BCUT2D eigenvalue weighted by Gasteiger charge is 2.40. The maximum Gasteiger partial charge on any atom is 0.451 e. The van der Waals surface area contributed by atoms with Crippen LogP contribution in [0.1, 0.15) is 64.7 Å². The van der Waals surface area contributed by atoms with Gasteiger partial charge in [0.2, 0.25) is 17.6 Å². The van der Waals surface area contributed by atoms with Crippen molar-refractivity contribution >= 4 is 17.9 Å². The molecule has 0 saturated heterocycles. The lowest BCUT2D eigenvalue weighted by Crippen LogP contribution is -2.54. The first-order chi connectivity index (χ1) is 19.9. The zero-order chi connectivity index (χ0) is 32.3. The van der Waals surface area contributed by atoms with Gasteiger partial charge in [-0.15, -0.1) is 10.2 Å². The van der Waals surface area contributed by atoms with Crippen LogP contribution in [0.2, 0.25) is 0 Å². The molecule has 2 aromatic rings. The summed E-state index contributed by atoms with van der Waals surface area (Å²) in [5, 5.41) is 11.8. The van der Waals surface area contributed by atoms with E-state index in [1.165, 1.54) is 4.90 Å². The predicted molar refractivity (Wildman–Crippen MR) is 140 cm³/mol. The first-order valence-electron chi connectivity index (χ1n) is 13.6. The number of benzene rings is 1. The standard InChI is InChI=1S/C27H34F6N6O4/c1-6-14(2)22(35-25(42)43-26(3,4)5)23(41)34-16(9-15-10-18(29)19(30)12-17(15)28)11-21(40)38-7-8-39-20(13-38)36-37-24(39)27(31,32)33/h10,12,14,16,22H,6-9,11,13H2,1-5H3,(H,34,41)(H,35,42). The van der Waals surface area contributed by atoms with Crippen LogP contribution in [0.15, 0.2) is 12.1 Å². The van der Waals surface area contributed by atoms with Crippen molar-refractivity contribution in [1.82, 2.24) is 30.3 Å². The summed E-state index contributed by atoms with van der Waals surface area (Å²) in [7, 11) is 0. The van der Waals surface area contributed by atoms with Crippen molar-refractivity contribution in [3.05, 3.63) is 46.8 Å². The Bertz CT molecular complexity index is 1340. The van der Waals surface area contributed by atoms with Crippen LogP contribution in [0, 0.1) is 23.4 Å². The van der Waals surface area contributed by atoms with Gasteiger partial charge in [-0.25, -0.2) is 18.0 Å². The van der Waals surface area contributed by atoms with Crippen molar-refractivity contribution in [3.8, 4) is 0 Å². The highest BCUT2D eigenvalue weighted by molar-refractivity contribution is 5.87. The fourth-order valence-electron chi connectivity index (χ4n) is 4.51. The summed E-state index contributed by atoms with van der Waals surface area (Å²) in [4.78, 5) is 40.3. The number of carbonyl (C=O) groups excluding carboxylic acids is 3. The molecule has 10 nitrogen and oxygen atoms in total. The molecule has 3 amide bonds. The Kier molecular flexibility index (Phi) is 10.3. The summed E-state index contributed by atoms with van der Waals surface area (Å²) in [6.07, 6.45) is -6.08. The number of halogens is 6. The van der Waals surface area contributed by atoms with Gasteiger partial charge < -0.3 is 24.8 Å². The zero-order valence-electron chi connectivity index (χ0n) is 24.3. The first kappa shape index (κ1) is 33.6. The fraction of sp³-hybridized carbons (Fsp3) is 0.593. The average Bonchev–Trinajstić information content (AvgIpc) is 3.33.